The number of carbonyl (C=O) groups excluding carboxylic acids is 1. The number of phenols is 1. The lowest BCUT2D eigenvalue weighted by molar-refractivity contribution is 0.0999. The van der Waals surface area contributed by atoms with Crippen molar-refractivity contribution in [2.24, 2.45) is 5.73 Å². The summed E-state index contributed by atoms with van der Waals surface area (Å²) in [6.45, 7) is 12.8. The second kappa shape index (κ2) is 21.8. The normalized spacial score (nSPS) is 14.2. The van der Waals surface area contributed by atoms with E-state index in [-0.39, 0.29) is 47.8 Å². The van der Waals surface area contributed by atoms with E-state index in [4.69, 9.17) is 14.9 Å². The van der Waals surface area contributed by atoms with Crippen LogP contribution < -0.4 is 26.7 Å². The van der Waals surface area contributed by atoms with Crippen LogP contribution in [0.15, 0.2) is 130 Å². The Morgan fingerprint density at radius 1 is 0.892 bits per heavy atom. The molecule has 1 aliphatic rings. The molecule has 8 rings (SSSR count). The number of rotatable bonds is 19. The fourth-order valence-corrected chi connectivity index (χ4v) is 15.0. The van der Waals surface area contributed by atoms with Gasteiger partial charge in [-0.15, -0.1) is 23.5 Å². The molecule has 15 nitrogen and oxygen atoms in total. The molecule has 2 aromatic heterocycles. The number of aromatic nitrogens is 2. The van der Waals surface area contributed by atoms with Crippen molar-refractivity contribution in [1.29, 1.82) is 0 Å². The summed E-state index contributed by atoms with van der Waals surface area (Å²) in [5, 5.41) is 28.7. The summed E-state index contributed by atoms with van der Waals surface area (Å²) in [6.07, 6.45) is 1.89. The van der Waals surface area contributed by atoms with Gasteiger partial charge in [-0.25, -0.2) is 13.2 Å². The monoisotopic (exact) mass is 1070 g/mol. The number of fused-ring (bicyclic) bond motifs is 2. The van der Waals surface area contributed by atoms with Crippen molar-refractivity contribution in [3.05, 3.63) is 148 Å². The highest BCUT2D eigenvalue weighted by Gasteiger charge is 2.41. The number of aromatic hydroxyl groups is 1. The molecule has 7 aromatic rings. The lowest BCUT2D eigenvalue weighted by atomic mass is 10.0. The Labute approximate surface area is 440 Å². The van der Waals surface area contributed by atoms with Crippen LogP contribution >= 0.6 is 23.5 Å². The second-order valence-corrected chi connectivity index (χ2v) is 29.7. The first-order valence-electron chi connectivity index (χ1n) is 24.2. The zero-order valence-corrected chi connectivity index (χ0v) is 45.9. The van der Waals surface area contributed by atoms with Crippen molar-refractivity contribution in [2.45, 2.75) is 85.1 Å². The van der Waals surface area contributed by atoms with Gasteiger partial charge in [0, 0.05) is 64.2 Å². The summed E-state index contributed by atoms with van der Waals surface area (Å²) in [4.78, 5) is 46.6. The number of amides is 2. The molecule has 0 aliphatic carbocycles. The Kier molecular flexibility index (Phi) is 15.8. The van der Waals surface area contributed by atoms with Gasteiger partial charge in [-0.1, -0.05) is 51.1 Å². The number of hydrogen-bond acceptors (Lipinski definition) is 13. The van der Waals surface area contributed by atoms with E-state index in [9.17, 15) is 33.0 Å². The fraction of sp³-hybridized carbons (Fsp3) is 0.309. The minimum absolute atomic E-state index is 0.0240. The number of hydrogen-bond donors (Lipinski definition) is 6. The quantitative estimate of drug-likeness (QED) is 0.0327. The van der Waals surface area contributed by atoms with Gasteiger partial charge in [0.05, 0.1) is 55.9 Å². The lowest BCUT2D eigenvalue weighted by Crippen LogP contribution is -2.45. The number of H-pyrrole nitrogens is 1. The van der Waals surface area contributed by atoms with Crippen LogP contribution in [0.4, 0.5) is 27.5 Å². The van der Waals surface area contributed by atoms with Crippen LogP contribution in [0.1, 0.15) is 73.2 Å². The Bertz CT molecular complexity index is 3420. The molecule has 19 heteroatoms. The van der Waals surface area contributed by atoms with Crippen molar-refractivity contribution in [3.8, 4) is 11.5 Å². The first-order valence-corrected chi connectivity index (χ1v) is 30.6. The van der Waals surface area contributed by atoms with Gasteiger partial charge in [0.1, 0.15) is 11.5 Å². The van der Waals surface area contributed by atoms with Gasteiger partial charge in [0.2, 0.25) is 15.4 Å². The van der Waals surface area contributed by atoms with Gasteiger partial charge in [-0.05, 0) is 128 Å². The molecule has 0 spiro atoms. The lowest BCUT2D eigenvalue weighted by Gasteiger charge is -2.40. The molecule has 1 fully saturated rings. The van der Waals surface area contributed by atoms with Gasteiger partial charge < -0.3 is 45.6 Å². The third-order valence-electron chi connectivity index (χ3n) is 13.9. The number of benzene rings is 5. The van der Waals surface area contributed by atoms with E-state index in [1.807, 2.05) is 35.7 Å². The number of carboxylic acid groups (broad SMARTS) is 1. The maximum atomic E-state index is 14.4. The van der Waals surface area contributed by atoms with Crippen LogP contribution in [0.3, 0.4) is 0 Å². The van der Waals surface area contributed by atoms with Crippen molar-refractivity contribution in [3.63, 3.8) is 0 Å². The van der Waals surface area contributed by atoms with Crippen LogP contribution in [0.5, 0.6) is 11.5 Å². The maximum Gasteiger partial charge on any atom is 0.407 e. The third kappa shape index (κ3) is 11.6. The highest BCUT2D eigenvalue weighted by atomic mass is 32.2. The Balaban J connectivity index is 0.967. The molecule has 0 bridgehead atoms. The van der Waals surface area contributed by atoms with E-state index >= 15 is 0 Å². The van der Waals surface area contributed by atoms with E-state index < -0.39 is 36.3 Å². The number of aryl methyl sites for hydroxylation is 1. The molecule has 3 heterocycles. The molecule has 1 aliphatic heterocycles. The molecule has 1 unspecified atom stereocenters. The maximum absolute atomic E-state index is 14.4. The van der Waals surface area contributed by atoms with Gasteiger partial charge >= 0.3 is 6.09 Å². The standard InChI is InChI=1S/C55H62N6O9S3Si/c1-34-28-41(31-44-49(34)57-32-45(52(56)64)50(44)59-37-12-10-14-39(29-37)69-5)73(67,68)40-15-11-13-38(30-40)58-36-18-16-35(17-19-36)55(71-26-27-72-55)24-8-9-25-61(53(65)66)33-47(70-74(6,7)54(2,3)4)42-20-22-46(62)51-43(42)21-23-48(63)60-51/h10-23,28-32,47,58,62H,8-9,24-27,33H2,1-7H3,(H2,56,64)(H,57,59)(H,60,63)(H,65,66). The number of unbranched alkanes of at least 4 members (excludes halogenated alkanes) is 1. The Hall–Kier alpha value is -6.51. The number of ether oxygens (including phenoxy) is 1. The molecule has 0 saturated carbocycles. The summed E-state index contributed by atoms with van der Waals surface area (Å²) in [5.74, 6) is 1.74. The minimum atomic E-state index is -4.09. The Morgan fingerprint density at radius 3 is 2.27 bits per heavy atom. The van der Waals surface area contributed by atoms with Crippen LogP contribution in [0, 0.1) is 6.92 Å². The number of primary amides is 1. The molecule has 388 valence electrons. The van der Waals surface area contributed by atoms with Crippen molar-refractivity contribution >= 4 is 98.2 Å². The topological polar surface area (TPSA) is 226 Å². The van der Waals surface area contributed by atoms with Crippen LogP contribution in [-0.2, 0) is 18.3 Å². The summed E-state index contributed by atoms with van der Waals surface area (Å²) in [7, 11) is -4.99. The third-order valence-corrected chi connectivity index (χ3v) is 23.7. The van der Waals surface area contributed by atoms with E-state index in [1.165, 1.54) is 29.3 Å². The molecular weight excluding hydrogens is 1010 g/mol. The number of methoxy groups -OCH3 is 1. The fourth-order valence-electron chi connectivity index (χ4n) is 8.93. The molecular formula is C55H62N6O9S3Si. The van der Waals surface area contributed by atoms with E-state index in [0.717, 1.165) is 35.6 Å². The molecule has 2 amide bonds. The predicted octanol–water partition coefficient (Wildman–Crippen LogP) is 12.1. The minimum Gasteiger partial charge on any atom is -0.506 e. The highest BCUT2D eigenvalue weighted by Crippen LogP contribution is 2.55. The molecule has 0 radical (unpaired) electrons. The second-order valence-electron chi connectivity index (χ2n) is 19.9. The van der Waals surface area contributed by atoms with Gasteiger partial charge in [0.25, 0.3) is 5.91 Å². The molecule has 7 N–H and O–H groups in total. The number of nitrogens with two attached hydrogens (primary N) is 1. The Morgan fingerprint density at radius 2 is 1.59 bits per heavy atom. The summed E-state index contributed by atoms with van der Waals surface area (Å²) < 4.78 is 41.0. The van der Waals surface area contributed by atoms with Crippen molar-refractivity contribution in [2.75, 3.05) is 42.3 Å². The van der Waals surface area contributed by atoms with Gasteiger partial charge in [-0.3, -0.25) is 14.6 Å². The number of anilines is 4. The molecule has 5 aromatic carbocycles. The molecule has 1 saturated heterocycles. The predicted molar refractivity (Wildman–Crippen MR) is 300 cm³/mol. The average molecular weight is 1080 g/mol. The van der Waals surface area contributed by atoms with E-state index in [0.29, 0.717) is 63.2 Å². The largest absolute Gasteiger partial charge is 0.506 e. The van der Waals surface area contributed by atoms with Gasteiger partial charge in [-0.2, -0.15) is 0 Å². The number of aromatic amines is 1. The summed E-state index contributed by atoms with van der Waals surface area (Å²) >= 11 is 3.79. The SMILES string of the molecule is COc1cccc(Nc2c(C(N)=O)cnc3c(C)cc(S(=O)(=O)c4cccc(Nc5ccc(C6(CCCCN(CC(O[Si](C)(C)C(C)(C)C)c7ccc(O)c8[nH]c(=O)ccc78)C(=O)O)SCCS6)cc5)c4)cc23)c1. The van der Waals surface area contributed by atoms with Gasteiger partial charge in [0.15, 0.2) is 8.32 Å². The highest BCUT2D eigenvalue weighted by molar-refractivity contribution is 8.20. The zero-order chi connectivity index (χ0) is 53.2. The van der Waals surface area contributed by atoms with Crippen LogP contribution in [-0.4, -0.2) is 85.5 Å². The van der Waals surface area contributed by atoms with Crippen LogP contribution in [0.2, 0.25) is 18.1 Å². The van der Waals surface area contributed by atoms with E-state index in [2.05, 4.69) is 66.6 Å². The first-order chi connectivity index (χ1) is 35.1. The average Bonchev–Trinajstić information content (AvgIpc) is 3.85. The van der Waals surface area contributed by atoms with Crippen molar-refractivity contribution < 1.29 is 37.4 Å². The summed E-state index contributed by atoms with van der Waals surface area (Å²) in [5.41, 5.74) is 11.0. The number of nitrogens with one attached hydrogen (secondary N) is 3. The molecule has 74 heavy (non-hydrogen) atoms. The van der Waals surface area contributed by atoms with Crippen molar-refractivity contribution in [1.82, 2.24) is 14.9 Å². The zero-order valence-electron chi connectivity index (χ0n) is 42.4. The van der Waals surface area contributed by atoms with E-state index in [1.54, 1.807) is 80.8 Å². The molecule has 1 atom stereocenters. The first kappa shape index (κ1) is 53.8. The van der Waals surface area contributed by atoms with Crippen LogP contribution in [0.25, 0.3) is 21.8 Å². The summed E-state index contributed by atoms with van der Waals surface area (Å²) in [6, 6.07) is 31.3. The number of pyridine rings is 2. The number of phenolic OH excluding ortho intramolecular Hbond substituents is 1. The number of nitrogens with zero attached hydrogens (tertiary/aromatic N) is 2. The number of sulfone groups is 1. The smallest absolute Gasteiger partial charge is 0.407 e. The number of carbonyl (C=O) groups is 2. The number of thioether (sulfide) groups is 2.